The van der Waals surface area contributed by atoms with Crippen molar-refractivity contribution in [2.45, 2.75) is 13.1 Å². The Morgan fingerprint density at radius 3 is 2.38 bits per heavy atom. The molecule has 9 heteroatoms. The molecule has 0 unspecified atom stereocenters. The van der Waals surface area contributed by atoms with Crippen molar-refractivity contribution < 1.29 is 23.1 Å². The highest BCUT2D eigenvalue weighted by Gasteiger charge is 2.33. The lowest BCUT2D eigenvalue weighted by Crippen LogP contribution is -2.12. The first-order valence-electron chi connectivity index (χ1n) is 10.0. The minimum Gasteiger partial charge on any atom is -0.505 e. The molecule has 0 spiro atoms. The number of fused-ring (bicyclic) bond motifs is 1. The van der Waals surface area contributed by atoms with Crippen LogP contribution in [0.4, 0.5) is 30.2 Å². The maximum Gasteiger partial charge on any atom is 0.417 e. The van der Waals surface area contributed by atoms with Crippen LogP contribution in [0.15, 0.2) is 83.0 Å². The molecule has 0 aliphatic carbocycles. The number of rotatable bonds is 4. The van der Waals surface area contributed by atoms with Crippen molar-refractivity contribution in [3.8, 4) is 5.75 Å². The first-order chi connectivity index (χ1) is 16.1. The van der Waals surface area contributed by atoms with Crippen molar-refractivity contribution in [3.05, 3.63) is 94.5 Å². The van der Waals surface area contributed by atoms with E-state index in [1.807, 2.05) is 19.1 Å². The number of aromatic hydroxyl groups is 1. The van der Waals surface area contributed by atoms with Crippen molar-refractivity contribution in [1.82, 2.24) is 0 Å². The third-order valence-corrected chi connectivity index (χ3v) is 5.40. The van der Waals surface area contributed by atoms with Gasteiger partial charge in [-0.05, 0) is 48.7 Å². The lowest BCUT2D eigenvalue weighted by molar-refractivity contribution is -0.137. The number of phenolic OH excluding ortho intramolecular Hbond substituents is 1. The van der Waals surface area contributed by atoms with Crippen molar-refractivity contribution in [3.63, 3.8) is 0 Å². The van der Waals surface area contributed by atoms with Crippen LogP contribution in [-0.4, -0.2) is 11.0 Å². The van der Waals surface area contributed by atoms with Crippen LogP contribution in [0, 0.1) is 6.92 Å². The van der Waals surface area contributed by atoms with Crippen LogP contribution < -0.4 is 5.32 Å². The molecule has 4 aromatic rings. The summed E-state index contributed by atoms with van der Waals surface area (Å²) in [6.07, 6.45) is -4.66. The van der Waals surface area contributed by atoms with E-state index in [1.54, 1.807) is 36.4 Å². The lowest BCUT2D eigenvalue weighted by Gasteiger charge is -2.11. The highest BCUT2D eigenvalue weighted by atomic mass is 35.5. The molecule has 1 amide bonds. The molecular formula is C25H17ClF3N3O2. The number of hydrogen-bond acceptors (Lipinski definition) is 4. The molecule has 0 aliphatic heterocycles. The van der Waals surface area contributed by atoms with Gasteiger partial charge >= 0.3 is 6.18 Å². The molecule has 0 fully saturated rings. The normalized spacial score (nSPS) is 11.8. The molecule has 0 aromatic heterocycles. The molecule has 2 N–H and O–H groups in total. The van der Waals surface area contributed by atoms with Gasteiger partial charge in [-0.1, -0.05) is 53.6 Å². The van der Waals surface area contributed by atoms with Crippen LogP contribution in [0.3, 0.4) is 0 Å². The second-order valence-electron chi connectivity index (χ2n) is 7.52. The van der Waals surface area contributed by atoms with Gasteiger partial charge in [0.2, 0.25) is 0 Å². The number of alkyl halides is 3. The Balaban J connectivity index is 1.76. The van der Waals surface area contributed by atoms with E-state index in [2.05, 4.69) is 15.5 Å². The van der Waals surface area contributed by atoms with Gasteiger partial charge in [0.1, 0.15) is 5.69 Å². The molecule has 0 atom stereocenters. The minimum atomic E-state index is -4.66. The largest absolute Gasteiger partial charge is 0.505 e. The molecule has 172 valence electrons. The van der Waals surface area contributed by atoms with E-state index in [0.29, 0.717) is 16.5 Å². The van der Waals surface area contributed by atoms with Crippen molar-refractivity contribution in [1.29, 1.82) is 0 Å². The third-order valence-electron chi connectivity index (χ3n) is 5.07. The number of carbonyl (C=O) groups excluding carboxylic acids is 1. The van der Waals surface area contributed by atoms with Crippen LogP contribution in [0.1, 0.15) is 21.5 Å². The topological polar surface area (TPSA) is 74.0 Å². The zero-order valence-corrected chi connectivity index (χ0v) is 18.4. The number of anilines is 1. The average molecular weight is 484 g/mol. The van der Waals surface area contributed by atoms with Gasteiger partial charge in [-0.3, -0.25) is 4.79 Å². The molecule has 4 rings (SSSR count). The number of benzene rings is 4. The molecule has 0 heterocycles. The number of aryl methyl sites for hydroxylation is 1. The smallest absolute Gasteiger partial charge is 0.417 e. The zero-order chi connectivity index (χ0) is 24.5. The SMILES string of the molecule is Cc1ccc(NC(=O)c2cc3ccccc3c(N=Nc3ccc(Cl)c(C(F)(F)F)c3)c2O)cc1. The predicted molar refractivity (Wildman–Crippen MR) is 125 cm³/mol. The summed E-state index contributed by atoms with van der Waals surface area (Å²) in [7, 11) is 0. The fraction of sp³-hybridized carbons (Fsp3) is 0.0800. The van der Waals surface area contributed by atoms with E-state index in [-0.39, 0.29) is 16.9 Å². The van der Waals surface area contributed by atoms with Crippen LogP contribution in [0.5, 0.6) is 5.75 Å². The standard InChI is InChI=1S/C25H17ClF3N3O2/c1-14-6-8-16(9-7-14)30-24(34)19-12-15-4-2-3-5-18(15)22(23(19)33)32-31-17-10-11-21(26)20(13-17)25(27,28)29/h2-13,33H,1H3,(H,30,34). The van der Waals surface area contributed by atoms with Crippen molar-refractivity contribution in [2.24, 2.45) is 10.2 Å². The quantitative estimate of drug-likeness (QED) is 0.287. The Morgan fingerprint density at radius 2 is 1.68 bits per heavy atom. The first-order valence-corrected chi connectivity index (χ1v) is 10.4. The monoisotopic (exact) mass is 483 g/mol. The Kier molecular flexibility index (Phi) is 6.26. The Labute approximate surface area is 197 Å². The maximum atomic E-state index is 13.2. The van der Waals surface area contributed by atoms with Gasteiger partial charge < -0.3 is 10.4 Å². The van der Waals surface area contributed by atoms with Crippen molar-refractivity contribution >= 4 is 45.3 Å². The minimum absolute atomic E-state index is 0.0457. The molecule has 0 aliphatic rings. The van der Waals surface area contributed by atoms with Gasteiger partial charge in [0.15, 0.2) is 5.75 Å². The molecule has 4 aromatic carbocycles. The number of nitrogens with zero attached hydrogens (tertiary/aromatic N) is 2. The van der Waals surface area contributed by atoms with Gasteiger partial charge in [-0.25, -0.2) is 0 Å². The van der Waals surface area contributed by atoms with E-state index in [0.717, 1.165) is 17.7 Å². The molecule has 0 saturated heterocycles. The van der Waals surface area contributed by atoms with Gasteiger partial charge in [-0.15, -0.1) is 5.11 Å². The highest BCUT2D eigenvalue weighted by Crippen LogP contribution is 2.41. The number of phenols is 1. The molecule has 0 radical (unpaired) electrons. The Hall–Kier alpha value is -3.91. The van der Waals surface area contributed by atoms with E-state index >= 15 is 0 Å². The Bertz CT molecular complexity index is 1420. The number of azo groups is 1. The first kappa shape index (κ1) is 23.3. The summed E-state index contributed by atoms with van der Waals surface area (Å²) < 4.78 is 39.5. The average Bonchev–Trinajstić information content (AvgIpc) is 2.79. The Morgan fingerprint density at radius 1 is 0.971 bits per heavy atom. The fourth-order valence-electron chi connectivity index (χ4n) is 3.33. The number of nitrogens with one attached hydrogen (secondary N) is 1. The molecule has 5 nitrogen and oxygen atoms in total. The van der Waals surface area contributed by atoms with Gasteiger partial charge in [0.05, 0.1) is 21.8 Å². The van der Waals surface area contributed by atoms with E-state index in [9.17, 15) is 23.1 Å². The van der Waals surface area contributed by atoms with Gasteiger partial charge in [0, 0.05) is 11.1 Å². The number of halogens is 4. The predicted octanol–water partition coefficient (Wildman–Crippen LogP) is 8.19. The molecule has 0 bridgehead atoms. The fourth-order valence-corrected chi connectivity index (χ4v) is 3.55. The van der Waals surface area contributed by atoms with Crippen LogP contribution in [0.25, 0.3) is 10.8 Å². The van der Waals surface area contributed by atoms with Crippen LogP contribution in [0.2, 0.25) is 5.02 Å². The second kappa shape index (κ2) is 9.15. The summed E-state index contributed by atoms with van der Waals surface area (Å²) in [6.45, 7) is 1.91. The van der Waals surface area contributed by atoms with Gasteiger partial charge in [0.25, 0.3) is 5.91 Å². The summed E-state index contributed by atoms with van der Waals surface area (Å²) >= 11 is 5.66. The van der Waals surface area contributed by atoms with Crippen molar-refractivity contribution in [2.75, 3.05) is 5.32 Å². The van der Waals surface area contributed by atoms with E-state index in [4.69, 9.17) is 11.6 Å². The van der Waals surface area contributed by atoms with E-state index in [1.165, 1.54) is 12.1 Å². The van der Waals surface area contributed by atoms with Crippen LogP contribution in [-0.2, 0) is 6.18 Å². The van der Waals surface area contributed by atoms with Gasteiger partial charge in [-0.2, -0.15) is 18.3 Å². The zero-order valence-electron chi connectivity index (χ0n) is 17.7. The molecule has 34 heavy (non-hydrogen) atoms. The number of carbonyl (C=O) groups is 1. The second-order valence-corrected chi connectivity index (χ2v) is 7.93. The third kappa shape index (κ3) is 4.87. The summed E-state index contributed by atoms with van der Waals surface area (Å²) in [6, 6.07) is 18.6. The summed E-state index contributed by atoms with van der Waals surface area (Å²) in [5.74, 6) is -1.02. The number of hydrogen-bond donors (Lipinski definition) is 2. The molecular weight excluding hydrogens is 467 g/mol. The highest BCUT2D eigenvalue weighted by molar-refractivity contribution is 6.31. The lowest BCUT2D eigenvalue weighted by atomic mass is 10.0. The van der Waals surface area contributed by atoms with Crippen LogP contribution >= 0.6 is 11.6 Å². The summed E-state index contributed by atoms with van der Waals surface area (Å²) in [5.41, 5.74) is 0.286. The van der Waals surface area contributed by atoms with E-state index < -0.39 is 28.4 Å². The molecule has 0 saturated carbocycles. The summed E-state index contributed by atoms with van der Waals surface area (Å²) in [5, 5.41) is 22.1. The number of amides is 1. The summed E-state index contributed by atoms with van der Waals surface area (Å²) in [4.78, 5) is 12.9. The maximum absolute atomic E-state index is 13.2.